The van der Waals surface area contributed by atoms with Crippen LogP contribution in [-0.4, -0.2) is 28.8 Å². The van der Waals surface area contributed by atoms with E-state index in [0.29, 0.717) is 5.92 Å². The first-order valence-electron chi connectivity index (χ1n) is 10.6. The normalized spacial score (nSPS) is 18.4. The van der Waals surface area contributed by atoms with Gasteiger partial charge in [-0.3, -0.25) is 0 Å². The van der Waals surface area contributed by atoms with Crippen LogP contribution < -0.4 is 0 Å². The molecule has 2 nitrogen and oxygen atoms in total. The molecule has 0 aromatic heterocycles. The second-order valence-electron chi connectivity index (χ2n) is 11.4. The monoisotopic (exact) mass is 538 g/mol. The fourth-order valence-electron chi connectivity index (χ4n) is 2.63. The molecule has 28 heavy (non-hydrogen) atoms. The van der Waals surface area contributed by atoms with Crippen LogP contribution in [0, 0.1) is 5.92 Å². The standard InChI is InChI=1S/C23H47IO2Si2/c1-18(14-15-24)16-21(26-28(12,13)23(7,8)9)19(2)17-20(3)25-27(10,11)22(4,5)6/h14-16,19-21H,17H2,1-13H3/b15-14+,18-16+/t19-,20-,21-/m1/s1. The van der Waals surface area contributed by atoms with Crippen LogP contribution in [0.2, 0.25) is 36.3 Å². The molecule has 0 bridgehead atoms. The topological polar surface area (TPSA) is 18.5 Å². The molecule has 0 aliphatic rings. The summed E-state index contributed by atoms with van der Waals surface area (Å²) in [4.78, 5) is 0. The Hall–Kier alpha value is 0.564. The zero-order chi connectivity index (χ0) is 22.6. The lowest BCUT2D eigenvalue weighted by atomic mass is 9.96. The lowest BCUT2D eigenvalue weighted by Gasteiger charge is -2.42. The van der Waals surface area contributed by atoms with Crippen molar-refractivity contribution in [2.75, 3.05) is 0 Å². The summed E-state index contributed by atoms with van der Waals surface area (Å²) in [7, 11) is -3.60. The summed E-state index contributed by atoms with van der Waals surface area (Å²) >= 11 is 2.28. The minimum Gasteiger partial charge on any atom is -0.414 e. The second-order valence-corrected chi connectivity index (χ2v) is 21.7. The smallest absolute Gasteiger partial charge is 0.192 e. The third kappa shape index (κ3) is 9.15. The lowest BCUT2D eigenvalue weighted by molar-refractivity contribution is 0.112. The minimum absolute atomic E-state index is 0.124. The molecule has 0 radical (unpaired) electrons. The van der Waals surface area contributed by atoms with Crippen LogP contribution in [0.15, 0.2) is 21.8 Å². The molecular weight excluding hydrogens is 491 g/mol. The Morgan fingerprint density at radius 1 is 0.893 bits per heavy atom. The molecule has 0 fully saturated rings. The molecular formula is C23H47IO2Si2. The second kappa shape index (κ2) is 10.7. The predicted octanol–water partition coefficient (Wildman–Crippen LogP) is 8.71. The van der Waals surface area contributed by atoms with E-state index in [2.05, 4.69) is 127 Å². The van der Waals surface area contributed by atoms with E-state index >= 15 is 0 Å². The van der Waals surface area contributed by atoms with Crippen molar-refractivity contribution in [3.05, 3.63) is 21.8 Å². The fraction of sp³-hybridized carbons (Fsp3) is 0.826. The maximum Gasteiger partial charge on any atom is 0.192 e. The molecule has 0 unspecified atom stereocenters. The van der Waals surface area contributed by atoms with Crippen LogP contribution in [0.25, 0.3) is 0 Å². The highest BCUT2D eigenvalue weighted by atomic mass is 127. The summed E-state index contributed by atoms with van der Waals surface area (Å²) < 4.78 is 15.6. The number of halogens is 1. The van der Waals surface area contributed by atoms with Gasteiger partial charge in [0.1, 0.15) is 0 Å². The maximum atomic E-state index is 6.86. The number of hydrogen-bond acceptors (Lipinski definition) is 2. The first kappa shape index (κ1) is 28.6. The summed E-state index contributed by atoms with van der Waals surface area (Å²) in [6.45, 7) is 30.0. The van der Waals surface area contributed by atoms with Gasteiger partial charge in [-0.05, 0) is 66.5 Å². The van der Waals surface area contributed by atoms with Gasteiger partial charge in [-0.2, -0.15) is 0 Å². The molecule has 0 aliphatic heterocycles. The Labute approximate surface area is 192 Å². The highest BCUT2D eigenvalue weighted by Crippen LogP contribution is 2.40. The molecule has 0 saturated carbocycles. The van der Waals surface area contributed by atoms with Crippen LogP contribution in [0.1, 0.15) is 68.7 Å². The van der Waals surface area contributed by atoms with Crippen LogP contribution >= 0.6 is 22.6 Å². The number of rotatable bonds is 9. The molecule has 0 saturated heterocycles. The van der Waals surface area contributed by atoms with Gasteiger partial charge in [0.05, 0.1) is 6.10 Å². The first-order chi connectivity index (χ1) is 12.3. The Kier molecular flexibility index (Phi) is 11.0. The van der Waals surface area contributed by atoms with Crippen molar-refractivity contribution >= 4 is 39.2 Å². The average Bonchev–Trinajstić information content (AvgIpc) is 2.43. The Morgan fingerprint density at radius 3 is 1.71 bits per heavy atom. The first-order valence-corrected chi connectivity index (χ1v) is 17.7. The zero-order valence-corrected chi connectivity index (χ0v) is 25.0. The molecule has 3 atom stereocenters. The molecule has 0 amide bonds. The van der Waals surface area contributed by atoms with Gasteiger partial charge in [-0.1, -0.05) is 88.8 Å². The van der Waals surface area contributed by atoms with Crippen molar-refractivity contribution < 1.29 is 8.85 Å². The fourth-order valence-corrected chi connectivity index (χ4v) is 5.99. The summed E-state index contributed by atoms with van der Waals surface area (Å²) in [5.74, 6) is 0.409. The molecule has 0 rings (SSSR count). The van der Waals surface area contributed by atoms with Gasteiger partial charge in [0.25, 0.3) is 0 Å². The minimum atomic E-state index is -1.85. The highest BCUT2D eigenvalue weighted by Gasteiger charge is 2.41. The van der Waals surface area contributed by atoms with Gasteiger partial charge in [-0.15, -0.1) is 0 Å². The Bertz CT molecular complexity index is 540. The molecule has 0 aliphatic carbocycles. The molecule has 0 heterocycles. The van der Waals surface area contributed by atoms with E-state index in [4.69, 9.17) is 8.85 Å². The van der Waals surface area contributed by atoms with Crippen molar-refractivity contribution in [1.29, 1.82) is 0 Å². The summed E-state index contributed by atoms with van der Waals surface area (Å²) in [6, 6.07) is 0. The molecule has 5 heteroatoms. The average molecular weight is 539 g/mol. The molecule has 0 aromatic rings. The van der Waals surface area contributed by atoms with Gasteiger partial charge in [0.15, 0.2) is 16.6 Å². The largest absolute Gasteiger partial charge is 0.414 e. The number of allylic oxidation sites excluding steroid dienone is 2. The van der Waals surface area contributed by atoms with Gasteiger partial charge < -0.3 is 8.85 Å². The quantitative estimate of drug-likeness (QED) is 0.166. The van der Waals surface area contributed by atoms with Gasteiger partial charge in [0.2, 0.25) is 0 Å². The van der Waals surface area contributed by atoms with Crippen LogP contribution in [0.3, 0.4) is 0 Å². The van der Waals surface area contributed by atoms with Crippen LogP contribution in [0.4, 0.5) is 0 Å². The van der Waals surface area contributed by atoms with E-state index in [0.717, 1.165) is 6.42 Å². The zero-order valence-electron chi connectivity index (χ0n) is 20.9. The van der Waals surface area contributed by atoms with Crippen LogP contribution in [-0.2, 0) is 8.85 Å². The van der Waals surface area contributed by atoms with E-state index < -0.39 is 16.6 Å². The Morgan fingerprint density at radius 2 is 1.32 bits per heavy atom. The van der Waals surface area contributed by atoms with Crippen molar-refractivity contribution in [3.8, 4) is 0 Å². The van der Waals surface area contributed by atoms with Crippen molar-refractivity contribution in [2.45, 2.75) is 117 Å². The van der Waals surface area contributed by atoms with Crippen molar-refractivity contribution in [3.63, 3.8) is 0 Å². The third-order valence-electron chi connectivity index (χ3n) is 6.56. The summed E-state index contributed by atoms with van der Waals surface area (Å²) in [5.41, 5.74) is 1.27. The van der Waals surface area contributed by atoms with Crippen LogP contribution in [0.5, 0.6) is 0 Å². The molecule has 0 N–H and O–H groups in total. The maximum absolute atomic E-state index is 6.86. The van der Waals surface area contributed by atoms with Gasteiger partial charge in [-0.25, -0.2) is 0 Å². The molecule has 0 aromatic carbocycles. The molecule has 166 valence electrons. The SMILES string of the molecule is CC(/C=C/I)=C\[C@@H](O[Si](C)(C)C(C)(C)C)[C@H](C)C[C@@H](C)O[Si](C)(C)C(C)(C)C. The van der Waals surface area contributed by atoms with Gasteiger partial charge in [0, 0.05) is 6.10 Å². The predicted molar refractivity (Wildman–Crippen MR) is 141 cm³/mol. The van der Waals surface area contributed by atoms with E-state index in [1.807, 2.05) is 0 Å². The van der Waals surface area contributed by atoms with E-state index in [1.54, 1.807) is 0 Å². The van der Waals surface area contributed by atoms with Crippen molar-refractivity contribution in [1.82, 2.24) is 0 Å². The van der Waals surface area contributed by atoms with E-state index in [1.165, 1.54) is 5.57 Å². The summed E-state index contributed by atoms with van der Waals surface area (Å²) in [6.07, 6.45) is 5.86. The Balaban J connectivity index is 5.48. The number of hydrogen-bond donors (Lipinski definition) is 0. The third-order valence-corrected chi connectivity index (χ3v) is 16.0. The van der Waals surface area contributed by atoms with Crippen molar-refractivity contribution in [2.24, 2.45) is 5.92 Å². The van der Waals surface area contributed by atoms with E-state index in [9.17, 15) is 0 Å². The van der Waals surface area contributed by atoms with E-state index in [-0.39, 0.29) is 22.3 Å². The molecule has 0 spiro atoms. The summed E-state index contributed by atoms with van der Waals surface area (Å²) in [5, 5.41) is 0.443. The lowest BCUT2D eigenvalue weighted by Crippen LogP contribution is -2.46. The highest BCUT2D eigenvalue weighted by molar-refractivity contribution is 14.1. The van der Waals surface area contributed by atoms with Gasteiger partial charge >= 0.3 is 0 Å².